The molecule has 1 aliphatic rings. The summed E-state index contributed by atoms with van der Waals surface area (Å²) in [6, 6.07) is 5.97. The summed E-state index contributed by atoms with van der Waals surface area (Å²) in [7, 11) is 0. The highest BCUT2D eigenvalue weighted by Gasteiger charge is 2.13. The van der Waals surface area contributed by atoms with Gasteiger partial charge < -0.3 is 15.0 Å². The Morgan fingerprint density at radius 1 is 1.37 bits per heavy atom. The van der Waals surface area contributed by atoms with Crippen molar-refractivity contribution >= 4 is 22.5 Å². The second-order valence-corrected chi connectivity index (χ2v) is 5.56. The molecule has 3 nitrogen and oxygen atoms in total. The Kier molecular flexibility index (Phi) is 4.06. The van der Waals surface area contributed by atoms with Crippen LogP contribution in [0.5, 0.6) is 0 Å². The van der Waals surface area contributed by atoms with E-state index < -0.39 is 0 Å². The second-order valence-electron chi connectivity index (χ2n) is 5.12. The molecule has 1 aliphatic heterocycles. The average molecular weight is 279 g/mol. The molecule has 102 valence electrons. The molecule has 1 aromatic heterocycles. The first-order chi connectivity index (χ1) is 9.33. The van der Waals surface area contributed by atoms with Crippen molar-refractivity contribution in [1.29, 1.82) is 0 Å². The van der Waals surface area contributed by atoms with Crippen molar-refractivity contribution in [3.63, 3.8) is 0 Å². The Labute approximate surface area is 118 Å². The molecule has 0 saturated carbocycles. The number of hydrogen-bond donors (Lipinski definition) is 2. The molecule has 1 fully saturated rings. The summed E-state index contributed by atoms with van der Waals surface area (Å²) in [4.78, 5) is 3.26. The van der Waals surface area contributed by atoms with Gasteiger partial charge in [0.25, 0.3) is 0 Å². The zero-order valence-corrected chi connectivity index (χ0v) is 11.7. The van der Waals surface area contributed by atoms with Crippen molar-refractivity contribution in [2.75, 3.05) is 13.2 Å². The van der Waals surface area contributed by atoms with E-state index in [2.05, 4.69) is 22.6 Å². The molecule has 2 aromatic rings. The molecule has 3 rings (SSSR count). The molecule has 0 spiro atoms. The van der Waals surface area contributed by atoms with E-state index in [0.29, 0.717) is 6.10 Å². The largest absolute Gasteiger partial charge is 0.377 e. The van der Waals surface area contributed by atoms with Gasteiger partial charge in [0.05, 0.1) is 6.10 Å². The van der Waals surface area contributed by atoms with Gasteiger partial charge in [0.15, 0.2) is 0 Å². The monoisotopic (exact) mass is 278 g/mol. The summed E-state index contributed by atoms with van der Waals surface area (Å²) in [5, 5.41) is 5.49. The lowest BCUT2D eigenvalue weighted by atomic mass is 10.1. The second kappa shape index (κ2) is 5.95. The lowest BCUT2D eigenvalue weighted by Crippen LogP contribution is -2.31. The Balaban J connectivity index is 1.59. The molecule has 0 radical (unpaired) electrons. The highest BCUT2D eigenvalue weighted by Crippen LogP contribution is 2.22. The van der Waals surface area contributed by atoms with Crippen LogP contribution in [-0.4, -0.2) is 24.2 Å². The van der Waals surface area contributed by atoms with Crippen LogP contribution >= 0.6 is 11.6 Å². The molecular weight excluding hydrogens is 260 g/mol. The Morgan fingerprint density at radius 2 is 2.32 bits per heavy atom. The standard InChI is InChI=1S/C15H19ClN2O/c16-12-4-5-14-11(9-18-15(14)7-12)8-17-10-13-3-1-2-6-19-13/h4-5,7,9,13,17-18H,1-3,6,8,10H2. The number of H-pyrrole nitrogens is 1. The van der Waals surface area contributed by atoms with Crippen LogP contribution in [0.25, 0.3) is 10.9 Å². The minimum absolute atomic E-state index is 0.383. The van der Waals surface area contributed by atoms with E-state index in [0.717, 1.165) is 30.2 Å². The number of ether oxygens (including phenoxy) is 1. The minimum Gasteiger partial charge on any atom is -0.377 e. The number of aromatic nitrogens is 1. The van der Waals surface area contributed by atoms with E-state index in [1.807, 2.05) is 12.1 Å². The smallest absolute Gasteiger partial charge is 0.0699 e. The lowest BCUT2D eigenvalue weighted by Gasteiger charge is -2.22. The van der Waals surface area contributed by atoms with Crippen LogP contribution in [0.1, 0.15) is 24.8 Å². The molecule has 2 heterocycles. The fraction of sp³-hybridized carbons (Fsp3) is 0.467. The van der Waals surface area contributed by atoms with Crippen molar-refractivity contribution < 1.29 is 4.74 Å². The summed E-state index contributed by atoms with van der Waals surface area (Å²) in [6.45, 7) is 2.71. The molecule has 4 heteroatoms. The highest BCUT2D eigenvalue weighted by atomic mass is 35.5. The van der Waals surface area contributed by atoms with E-state index in [1.165, 1.54) is 30.2 Å². The van der Waals surface area contributed by atoms with Gasteiger partial charge in [0.2, 0.25) is 0 Å². The van der Waals surface area contributed by atoms with Gasteiger partial charge in [-0.15, -0.1) is 0 Å². The molecule has 0 aliphatic carbocycles. The number of rotatable bonds is 4. The van der Waals surface area contributed by atoms with E-state index in [1.54, 1.807) is 0 Å². The van der Waals surface area contributed by atoms with Crippen LogP contribution < -0.4 is 5.32 Å². The van der Waals surface area contributed by atoms with Crippen LogP contribution in [0.3, 0.4) is 0 Å². The minimum atomic E-state index is 0.383. The molecule has 0 amide bonds. The van der Waals surface area contributed by atoms with Crippen LogP contribution in [0.4, 0.5) is 0 Å². The maximum Gasteiger partial charge on any atom is 0.0699 e. The van der Waals surface area contributed by atoms with Crippen molar-refractivity contribution in [2.45, 2.75) is 31.9 Å². The van der Waals surface area contributed by atoms with Crippen molar-refractivity contribution in [2.24, 2.45) is 0 Å². The number of benzene rings is 1. The van der Waals surface area contributed by atoms with E-state index in [-0.39, 0.29) is 0 Å². The van der Waals surface area contributed by atoms with E-state index in [4.69, 9.17) is 16.3 Å². The van der Waals surface area contributed by atoms with Gasteiger partial charge in [-0.1, -0.05) is 17.7 Å². The van der Waals surface area contributed by atoms with Crippen molar-refractivity contribution in [3.05, 3.63) is 35.0 Å². The SMILES string of the molecule is Clc1ccc2c(CNCC3CCCCO3)c[nH]c2c1. The number of hydrogen-bond acceptors (Lipinski definition) is 2. The Hall–Kier alpha value is -1.03. The highest BCUT2D eigenvalue weighted by molar-refractivity contribution is 6.31. The average Bonchev–Trinajstić information content (AvgIpc) is 2.82. The van der Waals surface area contributed by atoms with Crippen LogP contribution in [0.2, 0.25) is 5.02 Å². The summed E-state index contributed by atoms with van der Waals surface area (Å²) in [6.07, 6.45) is 6.11. The molecule has 1 saturated heterocycles. The number of fused-ring (bicyclic) bond motifs is 1. The third-order valence-corrected chi connectivity index (χ3v) is 3.93. The molecule has 1 aromatic carbocycles. The van der Waals surface area contributed by atoms with Gasteiger partial charge in [-0.25, -0.2) is 0 Å². The molecule has 19 heavy (non-hydrogen) atoms. The number of aromatic amines is 1. The van der Waals surface area contributed by atoms with Crippen LogP contribution in [-0.2, 0) is 11.3 Å². The zero-order valence-electron chi connectivity index (χ0n) is 10.9. The van der Waals surface area contributed by atoms with Gasteiger partial charge in [-0.2, -0.15) is 0 Å². The van der Waals surface area contributed by atoms with Crippen molar-refractivity contribution in [3.8, 4) is 0 Å². The van der Waals surface area contributed by atoms with Gasteiger partial charge in [-0.05, 0) is 37.0 Å². The molecular formula is C15H19ClN2O. The third-order valence-electron chi connectivity index (χ3n) is 3.69. The molecule has 2 N–H and O–H groups in total. The summed E-state index contributed by atoms with van der Waals surface area (Å²) >= 11 is 5.98. The number of nitrogens with one attached hydrogen (secondary N) is 2. The quantitative estimate of drug-likeness (QED) is 0.898. The van der Waals surface area contributed by atoms with E-state index in [9.17, 15) is 0 Å². The normalized spacial score (nSPS) is 19.9. The first-order valence-electron chi connectivity index (χ1n) is 6.91. The fourth-order valence-corrected chi connectivity index (χ4v) is 2.81. The van der Waals surface area contributed by atoms with Gasteiger partial charge in [0, 0.05) is 41.8 Å². The maximum atomic E-state index is 5.98. The topological polar surface area (TPSA) is 37.0 Å². The van der Waals surface area contributed by atoms with Gasteiger partial charge in [-0.3, -0.25) is 0 Å². The lowest BCUT2D eigenvalue weighted by molar-refractivity contribution is 0.0168. The summed E-state index contributed by atoms with van der Waals surface area (Å²) < 4.78 is 5.71. The predicted molar refractivity (Wildman–Crippen MR) is 78.6 cm³/mol. The van der Waals surface area contributed by atoms with Gasteiger partial charge in [0.1, 0.15) is 0 Å². The predicted octanol–water partition coefficient (Wildman–Crippen LogP) is 3.48. The number of halogens is 1. The Bertz CT molecular complexity index is 546. The first kappa shape index (κ1) is 13.0. The summed E-state index contributed by atoms with van der Waals surface area (Å²) in [5.41, 5.74) is 2.38. The van der Waals surface area contributed by atoms with E-state index >= 15 is 0 Å². The maximum absolute atomic E-state index is 5.98. The summed E-state index contributed by atoms with van der Waals surface area (Å²) in [5.74, 6) is 0. The third kappa shape index (κ3) is 3.11. The fourth-order valence-electron chi connectivity index (χ4n) is 2.64. The zero-order chi connectivity index (χ0) is 13.1. The molecule has 1 unspecified atom stereocenters. The molecule has 1 atom stereocenters. The van der Waals surface area contributed by atoms with Crippen LogP contribution in [0.15, 0.2) is 24.4 Å². The first-order valence-corrected chi connectivity index (χ1v) is 7.28. The molecule has 0 bridgehead atoms. The van der Waals surface area contributed by atoms with Crippen molar-refractivity contribution in [1.82, 2.24) is 10.3 Å². The van der Waals surface area contributed by atoms with Crippen LogP contribution in [0, 0.1) is 0 Å². The van der Waals surface area contributed by atoms with Gasteiger partial charge >= 0.3 is 0 Å². The Morgan fingerprint density at radius 3 is 3.16 bits per heavy atom.